The Morgan fingerprint density at radius 2 is 1.68 bits per heavy atom. The lowest BCUT2D eigenvalue weighted by molar-refractivity contribution is 0.435. The van der Waals surface area contributed by atoms with E-state index < -0.39 is 10.0 Å². The highest BCUT2D eigenvalue weighted by molar-refractivity contribution is 7.89. The van der Waals surface area contributed by atoms with Crippen molar-refractivity contribution in [3.63, 3.8) is 0 Å². The maximum absolute atomic E-state index is 12.7. The van der Waals surface area contributed by atoms with Gasteiger partial charge in [0.2, 0.25) is 10.0 Å². The van der Waals surface area contributed by atoms with E-state index in [1.807, 2.05) is 6.07 Å². The summed E-state index contributed by atoms with van der Waals surface area (Å²) in [6.07, 6.45) is 9.18. The molecule has 2 fully saturated rings. The number of hydrogen-bond donors (Lipinski definition) is 0. The summed E-state index contributed by atoms with van der Waals surface area (Å²) >= 11 is 0. The Kier molecular flexibility index (Phi) is 5.97. The second kappa shape index (κ2) is 8.62. The highest BCUT2D eigenvalue weighted by atomic mass is 32.2. The largest absolute Gasteiger partial charge is 0.354 e. The van der Waals surface area contributed by atoms with Crippen LogP contribution in [-0.2, 0) is 16.4 Å². The number of rotatable bonds is 6. The first-order valence-electron chi connectivity index (χ1n) is 10.4. The predicted molar refractivity (Wildman–Crippen MR) is 112 cm³/mol. The van der Waals surface area contributed by atoms with E-state index in [2.05, 4.69) is 40.2 Å². The first-order chi connectivity index (χ1) is 13.6. The Morgan fingerprint density at radius 3 is 2.39 bits per heavy atom. The zero-order chi connectivity index (χ0) is 19.4. The van der Waals surface area contributed by atoms with Crippen LogP contribution in [0.1, 0.15) is 44.1 Å². The molecule has 0 spiro atoms. The molecule has 2 saturated heterocycles. The molecule has 0 N–H and O–H groups in total. The molecular weight excluding hydrogens is 370 g/mol. The highest BCUT2D eigenvalue weighted by Crippen LogP contribution is 2.28. The fourth-order valence-electron chi connectivity index (χ4n) is 4.35. The van der Waals surface area contributed by atoms with Crippen molar-refractivity contribution < 1.29 is 8.42 Å². The molecule has 5 nitrogen and oxygen atoms in total. The quantitative estimate of drug-likeness (QED) is 0.740. The lowest BCUT2D eigenvalue weighted by Gasteiger charge is -2.37. The van der Waals surface area contributed by atoms with Crippen molar-refractivity contribution in [3.05, 3.63) is 54.2 Å². The van der Waals surface area contributed by atoms with Gasteiger partial charge in [-0.3, -0.25) is 0 Å². The molecule has 2 aromatic rings. The van der Waals surface area contributed by atoms with Gasteiger partial charge in [-0.05, 0) is 62.6 Å². The molecule has 150 valence electrons. The number of hydrogen-bond acceptors (Lipinski definition) is 4. The average Bonchev–Trinajstić information content (AvgIpc) is 3.29. The third kappa shape index (κ3) is 4.23. The minimum Gasteiger partial charge on any atom is -0.354 e. The van der Waals surface area contributed by atoms with Gasteiger partial charge >= 0.3 is 0 Å². The van der Waals surface area contributed by atoms with Crippen LogP contribution in [0, 0.1) is 0 Å². The van der Waals surface area contributed by atoms with Crippen molar-refractivity contribution >= 4 is 15.8 Å². The molecule has 2 aliphatic rings. The number of sulfonamides is 1. The summed E-state index contributed by atoms with van der Waals surface area (Å²) in [7, 11) is -3.39. The van der Waals surface area contributed by atoms with Gasteiger partial charge in [-0.25, -0.2) is 13.4 Å². The van der Waals surface area contributed by atoms with Gasteiger partial charge < -0.3 is 4.90 Å². The zero-order valence-electron chi connectivity index (χ0n) is 16.3. The third-order valence-electron chi connectivity index (χ3n) is 5.95. The highest BCUT2D eigenvalue weighted by Gasteiger charge is 2.28. The van der Waals surface area contributed by atoms with Gasteiger partial charge in [-0.1, -0.05) is 30.3 Å². The molecule has 1 atom stereocenters. The topological polar surface area (TPSA) is 53.5 Å². The molecule has 1 aromatic carbocycles. The molecule has 28 heavy (non-hydrogen) atoms. The lowest BCUT2D eigenvalue weighted by Crippen LogP contribution is -2.40. The summed E-state index contributed by atoms with van der Waals surface area (Å²) in [6.45, 7) is 2.24. The molecule has 0 amide bonds. The molecule has 1 unspecified atom stereocenters. The van der Waals surface area contributed by atoms with Gasteiger partial charge in [-0.15, -0.1) is 0 Å². The van der Waals surface area contributed by atoms with E-state index in [1.54, 1.807) is 16.6 Å². The average molecular weight is 400 g/mol. The fraction of sp³-hybridized carbons (Fsp3) is 0.500. The van der Waals surface area contributed by atoms with Crippen LogP contribution >= 0.6 is 0 Å². The molecule has 4 rings (SSSR count). The Morgan fingerprint density at radius 1 is 0.929 bits per heavy atom. The molecular formula is C22H29N3O2S. The summed E-state index contributed by atoms with van der Waals surface area (Å²) in [5.74, 6) is 0.901. The standard InChI is InChI=1S/C22H29N3O2S/c26-28(27,24-15-6-7-16-24)21-13-14-22(23-18-21)25-17-5-4-10-20(25)12-11-19-8-2-1-3-9-19/h1-3,8-9,13-14,18,20H,4-7,10-12,15-17H2. The van der Waals surface area contributed by atoms with E-state index in [0.29, 0.717) is 24.0 Å². The maximum atomic E-state index is 12.7. The summed E-state index contributed by atoms with van der Waals surface area (Å²) < 4.78 is 27.0. The Bertz CT molecular complexity index is 862. The van der Waals surface area contributed by atoms with Crippen molar-refractivity contribution in [1.82, 2.24) is 9.29 Å². The molecule has 0 bridgehead atoms. The fourth-order valence-corrected chi connectivity index (χ4v) is 5.82. The number of nitrogens with zero attached hydrogens (tertiary/aromatic N) is 3. The van der Waals surface area contributed by atoms with Gasteiger partial charge in [0, 0.05) is 31.9 Å². The smallest absolute Gasteiger partial charge is 0.244 e. The molecule has 0 aliphatic carbocycles. The van der Waals surface area contributed by atoms with Gasteiger partial charge in [0.25, 0.3) is 0 Å². The molecule has 1 aromatic heterocycles. The van der Waals surface area contributed by atoms with Crippen LogP contribution in [0.15, 0.2) is 53.6 Å². The summed E-state index contributed by atoms with van der Waals surface area (Å²) in [6, 6.07) is 14.7. The SMILES string of the molecule is O=S(=O)(c1ccc(N2CCCCC2CCc2ccccc2)nc1)N1CCCC1. The number of benzene rings is 1. The van der Waals surface area contributed by atoms with E-state index in [9.17, 15) is 8.42 Å². The molecule has 0 radical (unpaired) electrons. The second-order valence-electron chi connectivity index (χ2n) is 7.83. The van der Waals surface area contributed by atoms with Gasteiger partial charge in [0.1, 0.15) is 10.7 Å². The minimum atomic E-state index is -3.39. The number of pyridine rings is 1. The third-order valence-corrected chi connectivity index (χ3v) is 7.84. The number of piperidine rings is 1. The zero-order valence-corrected chi connectivity index (χ0v) is 17.2. The monoisotopic (exact) mass is 399 g/mol. The summed E-state index contributed by atoms with van der Waals surface area (Å²) in [5, 5.41) is 0. The normalized spacial score (nSPS) is 21.1. The van der Waals surface area contributed by atoms with Crippen LogP contribution < -0.4 is 4.90 Å². The predicted octanol–water partition coefficient (Wildman–Crippen LogP) is 3.86. The lowest BCUT2D eigenvalue weighted by atomic mass is 9.96. The Labute approximate surface area is 168 Å². The maximum Gasteiger partial charge on any atom is 0.244 e. The molecule has 6 heteroatoms. The van der Waals surface area contributed by atoms with Crippen molar-refractivity contribution in [2.24, 2.45) is 0 Å². The molecule has 2 aliphatic heterocycles. The number of aryl methyl sites for hydroxylation is 1. The van der Waals surface area contributed by atoms with Crippen LogP contribution in [-0.4, -0.2) is 43.4 Å². The van der Waals surface area contributed by atoms with E-state index >= 15 is 0 Å². The van der Waals surface area contributed by atoms with Gasteiger partial charge in [0.15, 0.2) is 0 Å². The van der Waals surface area contributed by atoms with Crippen LogP contribution in [0.25, 0.3) is 0 Å². The van der Waals surface area contributed by atoms with E-state index in [0.717, 1.165) is 44.5 Å². The van der Waals surface area contributed by atoms with E-state index in [4.69, 9.17) is 0 Å². The van der Waals surface area contributed by atoms with Crippen molar-refractivity contribution in [1.29, 1.82) is 0 Å². The van der Waals surface area contributed by atoms with Crippen molar-refractivity contribution in [2.75, 3.05) is 24.5 Å². The summed E-state index contributed by atoms with van der Waals surface area (Å²) in [5.41, 5.74) is 1.37. The first kappa shape index (κ1) is 19.4. The summed E-state index contributed by atoms with van der Waals surface area (Å²) in [4.78, 5) is 7.25. The first-order valence-corrected chi connectivity index (χ1v) is 11.9. The second-order valence-corrected chi connectivity index (χ2v) is 9.77. The Hall–Kier alpha value is -1.92. The van der Waals surface area contributed by atoms with Gasteiger partial charge in [-0.2, -0.15) is 4.31 Å². The van der Waals surface area contributed by atoms with Crippen LogP contribution in [0.4, 0.5) is 5.82 Å². The van der Waals surface area contributed by atoms with Crippen molar-refractivity contribution in [2.45, 2.75) is 55.9 Å². The van der Waals surface area contributed by atoms with E-state index in [1.165, 1.54) is 18.4 Å². The van der Waals surface area contributed by atoms with Crippen LogP contribution in [0.3, 0.4) is 0 Å². The Balaban J connectivity index is 1.47. The number of anilines is 1. The van der Waals surface area contributed by atoms with Crippen LogP contribution in [0.2, 0.25) is 0 Å². The van der Waals surface area contributed by atoms with E-state index in [-0.39, 0.29) is 0 Å². The van der Waals surface area contributed by atoms with Crippen LogP contribution in [0.5, 0.6) is 0 Å². The van der Waals surface area contributed by atoms with Crippen molar-refractivity contribution in [3.8, 4) is 0 Å². The molecule has 0 saturated carbocycles. The molecule has 3 heterocycles. The van der Waals surface area contributed by atoms with Gasteiger partial charge in [0.05, 0.1) is 0 Å². The number of aromatic nitrogens is 1. The minimum absolute atomic E-state index is 0.316.